The zero-order valence-electron chi connectivity index (χ0n) is 10.5. The lowest BCUT2D eigenvalue weighted by Gasteiger charge is -2.09. The van der Waals surface area contributed by atoms with Crippen molar-refractivity contribution in [1.82, 2.24) is 0 Å². The summed E-state index contributed by atoms with van der Waals surface area (Å²) in [5.74, 6) is 1.37. The second-order valence-corrected chi connectivity index (χ2v) is 4.01. The van der Waals surface area contributed by atoms with E-state index in [2.05, 4.69) is 0 Å². The standard InChI is InChI=1S/C15H16O4/c16-9-12-1-5-14(6-2-12)18-11-19-15-7-3-13(10-17)4-8-15/h1-8,16-17H,9-11H2. The molecule has 0 aliphatic carbocycles. The van der Waals surface area contributed by atoms with Crippen LogP contribution < -0.4 is 9.47 Å². The van der Waals surface area contributed by atoms with E-state index in [9.17, 15) is 0 Å². The van der Waals surface area contributed by atoms with Gasteiger partial charge in [0.25, 0.3) is 0 Å². The smallest absolute Gasteiger partial charge is 0.230 e. The molecule has 0 unspecified atom stereocenters. The van der Waals surface area contributed by atoms with Crippen LogP contribution in [0.25, 0.3) is 0 Å². The largest absolute Gasteiger partial charge is 0.458 e. The van der Waals surface area contributed by atoms with Crippen molar-refractivity contribution in [1.29, 1.82) is 0 Å². The molecule has 100 valence electrons. The number of aliphatic hydroxyl groups excluding tert-OH is 2. The Hall–Kier alpha value is -2.04. The van der Waals surface area contributed by atoms with Crippen molar-refractivity contribution in [2.45, 2.75) is 13.2 Å². The first-order valence-electron chi connectivity index (χ1n) is 5.97. The van der Waals surface area contributed by atoms with Crippen molar-refractivity contribution in [3.05, 3.63) is 59.7 Å². The number of ether oxygens (including phenoxy) is 2. The summed E-state index contributed by atoms with van der Waals surface area (Å²) in [5, 5.41) is 17.8. The first-order chi connectivity index (χ1) is 9.31. The van der Waals surface area contributed by atoms with Gasteiger partial charge in [0.15, 0.2) is 0 Å². The molecule has 0 saturated carbocycles. The Morgan fingerprint density at radius 2 is 1.00 bits per heavy atom. The van der Waals surface area contributed by atoms with E-state index in [4.69, 9.17) is 19.7 Å². The van der Waals surface area contributed by atoms with Gasteiger partial charge in [-0.2, -0.15) is 0 Å². The maximum absolute atomic E-state index is 8.91. The van der Waals surface area contributed by atoms with Gasteiger partial charge in [-0.3, -0.25) is 0 Å². The molecule has 2 aromatic rings. The average Bonchev–Trinajstić information content (AvgIpc) is 2.49. The van der Waals surface area contributed by atoms with E-state index in [1.54, 1.807) is 48.5 Å². The molecule has 4 nitrogen and oxygen atoms in total. The minimum absolute atomic E-state index is 0.0218. The molecule has 0 spiro atoms. The minimum atomic E-state index is 0.0218. The SMILES string of the molecule is OCc1ccc(OCOc2ccc(CO)cc2)cc1. The van der Waals surface area contributed by atoms with Crippen molar-refractivity contribution < 1.29 is 19.7 Å². The van der Waals surface area contributed by atoms with Gasteiger partial charge in [0.05, 0.1) is 13.2 Å². The van der Waals surface area contributed by atoms with Crippen LogP contribution in [-0.4, -0.2) is 17.0 Å². The third kappa shape index (κ3) is 3.98. The number of rotatable bonds is 6. The lowest BCUT2D eigenvalue weighted by atomic mass is 10.2. The quantitative estimate of drug-likeness (QED) is 0.781. The molecule has 2 rings (SSSR count). The lowest BCUT2D eigenvalue weighted by Crippen LogP contribution is -2.05. The van der Waals surface area contributed by atoms with Crippen molar-refractivity contribution in [2.24, 2.45) is 0 Å². The summed E-state index contributed by atoms with van der Waals surface area (Å²) in [4.78, 5) is 0. The van der Waals surface area contributed by atoms with Crippen LogP contribution in [0.15, 0.2) is 48.5 Å². The Bertz CT molecular complexity index is 443. The molecule has 0 bridgehead atoms. The van der Waals surface area contributed by atoms with Crippen molar-refractivity contribution >= 4 is 0 Å². The van der Waals surface area contributed by atoms with Crippen molar-refractivity contribution in [3.8, 4) is 11.5 Å². The number of hydrogen-bond acceptors (Lipinski definition) is 4. The van der Waals surface area contributed by atoms with Crippen molar-refractivity contribution in [2.75, 3.05) is 6.79 Å². The Morgan fingerprint density at radius 1 is 0.632 bits per heavy atom. The fraction of sp³-hybridized carbons (Fsp3) is 0.200. The summed E-state index contributed by atoms with van der Waals surface area (Å²) in [7, 11) is 0. The highest BCUT2D eigenvalue weighted by molar-refractivity contribution is 5.28. The molecule has 0 heterocycles. The lowest BCUT2D eigenvalue weighted by molar-refractivity contribution is 0.119. The minimum Gasteiger partial charge on any atom is -0.458 e. The van der Waals surface area contributed by atoms with Crippen molar-refractivity contribution in [3.63, 3.8) is 0 Å². The predicted octanol–water partition coefficient (Wildman–Crippen LogP) is 2.09. The summed E-state index contributed by atoms with van der Waals surface area (Å²) in [6.07, 6.45) is 0. The van der Waals surface area contributed by atoms with E-state index in [1.165, 1.54) is 0 Å². The molecule has 19 heavy (non-hydrogen) atoms. The number of hydrogen-bond donors (Lipinski definition) is 2. The van der Waals surface area contributed by atoms with Gasteiger partial charge < -0.3 is 19.7 Å². The fourth-order valence-corrected chi connectivity index (χ4v) is 1.55. The van der Waals surface area contributed by atoms with Gasteiger partial charge >= 0.3 is 0 Å². The van der Waals surface area contributed by atoms with Crippen LogP contribution in [0.5, 0.6) is 11.5 Å². The van der Waals surface area contributed by atoms with Gasteiger partial charge in [0.2, 0.25) is 6.79 Å². The van der Waals surface area contributed by atoms with E-state index in [0.29, 0.717) is 11.5 Å². The molecule has 0 aromatic heterocycles. The fourth-order valence-electron chi connectivity index (χ4n) is 1.55. The average molecular weight is 260 g/mol. The predicted molar refractivity (Wildman–Crippen MR) is 70.9 cm³/mol. The normalized spacial score (nSPS) is 10.2. The highest BCUT2D eigenvalue weighted by atomic mass is 16.7. The zero-order valence-corrected chi connectivity index (χ0v) is 10.5. The Morgan fingerprint density at radius 3 is 1.32 bits per heavy atom. The van der Waals surface area contributed by atoms with E-state index in [0.717, 1.165) is 11.1 Å². The van der Waals surface area contributed by atoms with Crippen LogP contribution in [0, 0.1) is 0 Å². The molecule has 0 aliphatic heterocycles. The van der Waals surface area contributed by atoms with Crippen LogP contribution >= 0.6 is 0 Å². The summed E-state index contributed by atoms with van der Waals surface area (Å²) in [6.45, 7) is 0.152. The van der Waals surface area contributed by atoms with Gasteiger partial charge in [-0.05, 0) is 35.4 Å². The Labute approximate surface area is 111 Å². The summed E-state index contributed by atoms with van der Waals surface area (Å²) in [5.41, 5.74) is 1.68. The van der Waals surface area contributed by atoms with E-state index < -0.39 is 0 Å². The van der Waals surface area contributed by atoms with E-state index in [-0.39, 0.29) is 20.0 Å². The summed E-state index contributed by atoms with van der Waals surface area (Å²) < 4.78 is 10.8. The molecule has 0 amide bonds. The molecular formula is C15H16O4. The molecule has 0 atom stereocenters. The van der Waals surface area contributed by atoms with Gasteiger partial charge in [-0.25, -0.2) is 0 Å². The third-order valence-electron chi connectivity index (χ3n) is 2.66. The zero-order chi connectivity index (χ0) is 13.5. The monoisotopic (exact) mass is 260 g/mol. The van der Waals surface area contributed by atoms with E-state index in [1.807, 2.05) is 0 Å². The molecule has 2 N–H and O–H groups in total. The first kappa shape index (κ1) is 13.4. The van der Waals surface area contributed by atoms with Crippen LogP contribution in [0.3, 0.4) is 0 Å². The van der Waals surface area contributed by atoms with E-state index >= 15 is 0 Å². The molecule has 4 heteroatoms. The molecule has 0 aliphatic rings. The maximum atomic E-state index is 8.91. The molecule has 2 aromatic carbocycles. The van der Waals surface area contributed by atoms with Crippen LogP contribution in [0.2, 0.25) is 0 Å². The second-order valence-electron chi connectivity index (χ2n) is 4.01. The first-order valence-corrected chi connectivity index (χ1v) is 5.97. The molecule has 0 saturated heterocycles. The van der Waals surface area contributed by atoms with Gasteiger partial charge in [0.1, 0.15) is 11.5 Å². The summed E-state index contributed by atoms with van der Waals surface area (Å²) in [6, 6.07) is 14.3. The Kier molecular flexibility index (Phi) is 4.78. The van der Waals surface area contributed by atoms with Crippen LogP contribution in [0.1, 0.15) is 11.1 Å². The highest BCUT2D eigenvalue weighted by Crippen LogP contribution is 2.15. The summed E-state index contributed by atoms with van der Waals surface area (Å²) >= 11 is 0. The maximum Gasteiger partial charge on any atom is 0.230 e. The van der Waals surface area contributed by atoms with Crippen LogP contribution in [0.4, 0.5) is 0 Å². The van der Waals surface area contributed by atoms with Crippen LogP contribution in [-0.2, 0) is 13.2 Å². The Balaban J connectivity index is 1.81. The molecule has 0 radical (unpaired) electrons. The third-order valence-corrected chi connectivity index (χ3v) is 2.66. The highest BCUT2D eigenvalue weighted by Gasteiger charge is 1.97. The van der Waals surface area contributed by atoms with Gasteiger partial charge in [0, 0.05) is 0 Å². The van der Waals surface area contributed by atoms with Gasteiger partial charge in [-0.15, -0.1) is 0 Å². The molecule has 0 fully saturated rings. The van der Waals surface area contributed by atoms with Gasteiger partial charge in [-0.1, -0.05) is 24.3 Å². The second kappa shape index (κ2) is 6.78. The number of benzene rings is 2. The topological polar surface area (TPSA) is 58.9 Å². The number of aliphatic hydroxyl groups is 2. The molecular weight excluding hydrogens is 244 g/mol.